The third-order valence-corrected chi connectivity index (χ3v) is 7.12. The van der Waals surface area contributed by atoms with E-state index < -0.39 is 0 Å². The van der Waals surface area contributed by atoms with Crippen LogP contribution in [-0.2, 0) is 16.0 Å². The molecule has 37 heavy (non-hydrogen) atoms. The Labute approximate surface area is 230 Å². The lowest BCUT2D eigenvalue weighted by Crippen LogP contribution is -2.30. The lowest BCUT2D eigenvalue weighted by atomic mass is 10.1. The van der Waals surface area contributed by atoms with Crippen molar-refractivity contribution in [1.82, 2.24) is 4.90 Å². The van der Waals surface area contributed by atoms with E-state index in [-0.39, 0.29) is 18.4 Å². The molecule has 0 atom stereocenters. The third kappa shape index (κ3) is 7.13. The van der Waals surface area contributed by atoms with Gasteiger partial charge < -0.3 is 14.8 Å². The first kappa shape index (κ1) is 26.7. The molecule has 1 saturated heterocycles. The second-order valence-corrected chi connectivity index (χ2v) is 10.1. The molecule has 0 saturated carbocycles. The fraction of sp³-hybridized carbons (Fsp3) is 0.179. The molecule has 3 aromatic carbocycles. The fourth-order valence-electron chi connectivity index (χ4n) is 3.62. The molecular formula is C28H25ClN2O4S2. The van der Waals surface area contributed by atoms with Crippen molar-refractivity contribution in [1.29, 1.82) is 0 Å². The number of nitrogens with zero attached hydrogens (tertiary/aromatic N) is 1. The Bertz CT molecular complexity index is 1330. The monoisotopic (exact) mass is 552 g/mol. The smallest absolute Gasteiger partial charge is 0.266 e. The highest BCUT2D eigenvalue weighted by molar-refractivity contribution is 8.26. The van der Waals surface area contributed by atoms with Crippen molar-refractivity contribution < 1.29 is 19.1 Å². The summed E-state index contributed by atoms with van der Waals surface area (Å²) in [6.45, 7) is 2.58. The molecule has 190 valence electrons. The van der Waals surface area contributed by atoms with Gasteiger partial charge in [0.05, 0.1) is 22.2 Å². The Morgan fingerprint density at radius 3 is 2.57 bits per heavy atom. The van der Waals surface area contributed by atoms with Crippen LogP contribution in [0.3, 0.4) is 0 Å². The molecule has 1 fully saturated rings. The summed E-state index contributed by atoms with van der Waals surface area (Å²) in [5.41, 5.74) is 2.43. The zero-order chi connectivity index (χ0) is 26.2. The predicted molar refractivity (Wildman–Crippen MR) is 153 cm³/mol. The number of hydrogen-bond acceptors (Lipinski definition) is 6. The van der Waals surface area contributed by atoms with Crippen molar-refractivity contribution in [3.63, 3.8) is 0 Å². The number of nitrogens with one attached hydrogen (secondary N) is 1. The number of benzene rings is 3. The standard InChI is InChI=1S/C28H25ClN2O4S2/c1-2-34-24-16-20(12-13-23(24)35-18-26(32)30-22-11-7-6-10-21(22)29)17-25-27(33)31(28(36)37-25)15-14-19-8-4-3-5-9-19/h3-13,16-17H,2,14-15,18H2,1H3,(H,30,32)/b25-17-. The van der Waals surface area contributed by atoms with Gasteiger partial charge in [-0.25, -0.2) is 0 Å². The van der Waals surface area contributed by atoms with Crippen LogP contribution >= 0.6 is 35.6 Å². The first-order chi connectivity index (χ1) is 17.9. The van der Waals surface area contributed by atoms with Gasteiger partial charge in [0.2, 0.25) is 0 Å². The van der Waals surface area contributed by atoms with Gasteiger partial charge in [0.1, 0.15) is 4.32 Å². The molecule has 1 heterocycles. The SMILES string of the molecule is CCOc1cc(/C=C2\SC(=S)N(CCc3ccccc3)C2=O)ccc1OCC(=O)Nc1ccccc1Cl. The molecule has 0 aliphatic carbocycles. The highest BCUT2D eigenvalue weighted by Crippen LogP contribution is 2.35. The molecular weight excluding hydrogens is 528 g/mol. The van der Waals surface area contributed by atoms with E-state index in [4.69, 9.17) is 33.3 Å². The molecule has 0 bridgehead atoms. The molecule has 2 amide bonds. The summed E-state index contributed by atoms with van der Waals surface area (Å²) in [6.07, 6.45) is 2.52. The van der Waals surface area contributed by atoms with Gasteiger partial charge in [0.15, 0.2) is 18.1 Å². The van der Waals surface area contributed by atoms with E-state index in [0.29, 0.717) is 44.6 Å². The number of thiocarbonyl (C=S) groups is 1. The van der Waals surface area contributed by atoms with E-state index in [1.165, 1.54) is 11.8 Å². The van der Waals surface area contributed by atoms with Gasteiger partial charge in [0.25, 0.3) is 11.8 Å². The zero-order valence-electron chi connectivity index (χ0n) is 20.1. The number of ether oxygens (including phenoxy) is 2. The molecule has 9 heteroatoms. The summed E-state index contributed by atoms with van der Waals surface area (Å²) in [5, 5.41) is 3.17. The highest BCUT2D eigenvalue weighted by Gasteiger charge is 2.31. The minimum absolute atomic E-state index is 0.111. The largest absolute Gasteiger partial charge is 0.490 e. The summed E-state index contributed by atoms with van der Waals surface area (Å²) in [7, 11) is 0. The molecule has 0 radical (unpaired) electrons. The number of carbonyl (C=O) groups is 2. The molecule has 0 spiro atoms. The number of amides is 2. The third-order valence-electron chi connectivity index (χ3n) is 5.41. The van der Waals surface area contributed by atoms with Crippen LogP contribution in [0.4, 0.5) is 5.69 Å². The summed E-state index contributed by atoms with van der Waals surface area (Å²) in [6, 6.07) is 22.3. The van der Waals surface area contributed by atoms with Crippen molar-refractivity contribution in [2.24, 2.45) is 0 Å². The van der Waals surface area contributed by atoms with Gasteiger partial charge in [0, 0.05) is 6.54 Å². The number of anilines is 1. The van der Waals surface area contributed by atoms with E-state index in [1.807, 2.05) is 37.3 Å². The van der Waals surface area contributed by atoms with E-state index in [2.05, 4.69) is 5.32 Å². The van der Waals surface area contributed by atoms with Crippen LogP contribution in [0, 0.1) is 0 Å². The molecule has 1 aliphatic heterocycles. The highest BCUT2D eigenvalue weighted by atomic mass is 35.5. The summed E-state index contributed by atoms with van der Waals surface area (Å²) >= 11 is 12.8. The number of para-hydroxylation sites is 1. The maximum Gasteiger partial charge on any atom is 0.266 e. The first-order valence-electron chi connectivity index (χ1n) is 11.7. The molecule has 3 aromatic rings. The van der Waals surface area contributed by atoms with E-state index in [9.17, 15) is 9.59 Å². The Morgan fingerprint density at radius 2 is 1.81 bits per heavy atom. The molecule has 6 nitrogen and oxygen atoms in total. The van der Waals surface area contributed by atoms with E-state index in [1.54, 1.807) is 53.4 Å². The van der Waals surface area contributed by atoms with Crippen LogP contribution < -0.4 is 14.8 Å². The fourth-order valence-corrected chi connectivity index (χ4v) is 5.12. The van der Waals surface area contributed by atoms with Crippen molar-refractivity contribution in [3.8, 4) is 11.5 Å². The minimum atomic E-state index is -0.348. The average Bonchev–Trinajstić information content (AvgIpc) is 3.16. The topological polar surface area (TPSA) is 67.9 Å². The molecule has 1 aliphatic rings. The van der Waals surface area contributed by atoms with Gasteiger partial charge in [-0.2, -0.15) is 0 Å². The quantitative estimate of drug-likeness (QED) is 0.238. The maximum atomic E-state index is 13.0. The van der Waals surface area contributed by atoms with Crippen LogP contribution in [0.15, 0.2) is 77.7 Å². The first-order valence-corrected chi connectivity index (χ1v) is 13.3. The molecule has 4 rings (SSSR count). The number of rotatable bonds is 10. The molecule has 0 unspecified atom stereocenters. The van der Waals surface area contributed by atoms with Crippen molar-refractivity contribution in [3.05, 3.63) is 93.9 Å². The maximum absolute atomic E-state index is 13.0. The van der Waals surface area contributed by atoms with Gasteiger partial charge in [-0.05, 0) is 54.8 Å². The predicted octanol–water partition coefficient (Wildman–Crippen LogP) is 6.20. The Hall–Kier alpha value is -3.33. The lowest BCUT2D eigenvalue weighted by molar-refractivity contribution is -0.122. The molecule has 0 aromatic heterocycles. The van der Waals surface area contributed by atoms with Crippen LogP contribution in [-0.4, -0.2) is 40.8 Å². The minimum Gasteiger partial charge on any atom is -0.490 e. The second kappa shape index (κ2) is 12.8. The zero-order valence-corrected chi connectivity index (χ0v) is 22.5. The van der Waals surface area contributed by atoms with Crippen LogP contribution in [0.2, 0.25) is 5.02 Å². The number of carbonyl (C=O) groups excluding carboxylic acids is 2. The Balaban J connectivity index is 1.41. The molecule has 1 N–H and O–H groups in total. The summed E-state index contributed by atoms with van der Waals surface area (Å²) in [4.78, 5) is 27.5. The van der Waals surface area contributed by atoms with E-state index >= 15 is 0 Å². The van der Waals surface area contributed by atoms with Gasteiger partial charge in [-0.3, -0.25) is 14.5 Å². The summed E-state index contributed by atoms with van der Waals surface area (Å²) < 4.78 is 12.0. The van der Waals surface area contributed by atoms with Gasteiger partial charge in [-0.15, -0.1) is 0 Å². The number of halogens is 1. The van der Waals surface area contributed by atoms with Crippen molar-refractivity contribution in [2.45, 2.75) is 13.3 Å². The second-order valence-electron chi connectivity index (χ2n) is 8.02. The number of thioether (sulfide) groups is 1. The van der Waals surface area contributed by atoms with Crippen LogP contribution in [0.1, 0.15) is 18.1 Å². The van der Waals surface area contributed by atoms with Crippen LogP contribution in [0.5, 0.6) is 11.5 Å². The Kier molecular flexibility index (Phi) is 9.22. The van der Waals surface area contributed by atoms with Gasteiger partial charge >= 0.3 is 0 Å². The van der Waals surface area contributed by atoms with E-state index in [0.717, 1.165) is 17.5 Å². The Morgan fingerprint density at radius 1 is 1.05 bits per heavy atom. The lowest BCUT2D eigenvalue weighted by Gasteiger charge is -2.14. The van der Waals surface area contributed by atoms with Crippen molar-refractivity contribution >= 4 is 63.5 Å². The van der Waals surface area contributed by atoms with Crippen LogP contribution in [0.25, 0.3) is 6.08 Å². The average molecular weight is 553 g/mol. The summed E-state index contributed by atoms with van der Waals surface area (Å²) in [5.74, 6) is 0.435. The normalized spacial score (nSPS) is 14.2. The number of hydrogen-bond donors (Lipinski definition) is 1. The van der Waals surface area contributed by atoms with Gasteiger partial charge in [-0.1, -0.05) is 84.1 Å². The van der Waals surface area contributed by atoms with Crippen molar-refractivity contribution in [2.75, 3.05) is 25.1 Å².